The van der Waals surface area contributed by atoms with Gasteiger partial charge in [-0.05, 0) is 39.3 Å². The summed E-state index contributed by atoms with van der Waals surface area (Å²) in [6.07, 6.45) is -0.801. The number of nitrogens with zero attached hydrogens (tertiary/aromatic N) is 1. The van der Waals surface area contributed by atoms with Crippen molar-refractivity contribution in [3.8, 4) is 0 Å². The molecule has 5 heteroatoms. The van der Waals surface area contributed by atoms with Crippen molar-refractivity contribution in [2.24, 2.45) is 0 Å². The number of benzene rings is 1. The first-order valence-corrected chi connectivity index (χ1v) is 8.60. The van der Waals surface area contributed by atoms with E-state index in [4.69, 9.17) is 9.47 Å². The number of aryl methyl sites for hydroxylation is 1. The Labute approximate surface area is 145 Å². The van der Waals surface area contributed by atoms with Crippen molar-refractivity contribution in [1.29, 1.82) is 0 Å². The number of para-hydroxylation sites is 1. The van der Waals surface area contributed by atoms with Gasteiger partial charge in [0.05, 0.1) is 23.9 Å². The van der Waals surface area contributed by atoms with Gasteiger partial charge < -0.3 is 9.47 Å². The summed E-state index contributed by atoms with van der Waals surface area (Å²) in [5.74, 6) is -0.415. The number of pyridine rings is 1. The van der Waals surface area contributed by atoms with Crippen LogP contribution < -0.4 is 0 Å². The van der Waals surface area contributed by atoms with E-state index in [1.807, 2.05) is 52.0 Å². The van der Waals surface area contributed by atoms with Gasteiger partial charge in [0.15, 0.2) is 6.10 Å². The van der Waals surface area contributed by atoms with Gasteiger partial charge in [0.25, 0.3) is 0 Å². The lowest BCUT2D eigenvalue weighted by atomic mass is 9.97. The summed E-state index contributed by atoms with van der Waals surface area (Å²) < 4.78 is 11.0. The number of fused-ring (bicyclic) bond motifs is 1. The third kappa shape index (κ3) is 3.90. The van der Waals surface area contributed by atoms with Gasteiger partial charge in [0.1, 0.15) is 0 Å². The first-order valence-electron chi connectivity index (χ1n) is 7.48. The van der Waals surface area contributed by atoms with Crippen LogP contribution in [0.25, 0.3) is 10.9 Å². The highest BCUT2D eigenvalue weighted by atomic mass is 79.9. The zero-order valence-electron chi connectivity index (χ0n) is 14.1. The number of halogens is 1. The van der Waals surface area contributed by atoms with Crippen LogP contribution in [0.15, 0.2) is 24.3 Å². The topological polar surface area (TPSA) is 48.4 Å². The van der Waals surface area contributed by atoms with Crippen molar-refractivity contribution in [3.63, 3.8) is 0 Å². The number of esters is 1. The highest BCUT2D eigenvalue weighted by Gasteiger charge is 2.32. The van der Waals surface area contributed by atoms with Crippen LogP contribution in [0.2, 0.25) is 0 Å². The molecule has 0 aliphatic rings. The van der Waals surface area contributed by atoms with Crippen LogP contribution in [-0.2, 0) is 19.6 Å². The van der Waals surface area contributed by atoms with E-state index in [9.17, 15) is 4.79 Å². The fourth-order valence-corrected chi connectivity index (χ4v) is 3.02. The molecule has 1 aromatic carbocycles. The van der Waals surface area contributed by atoms with Gasteiger partial charge in [-0.25, -0.2) is 4.79 Å². The number of hydrogen-bond donors (Lipinski definition) is 0. The number of rotatable bonds is 4. The van der Waals surface area contributed by atoms with E-state index < -0.39 is 17.7 Å². The second-order valence-corrected chi connectivity index (χ2v) is 6.94. The van der Waals surface area contributed by atoms with E-state index in [-0.39, 0.29) is 0 Å². The Morgan fingerprint density at radius 2 is 1.96 bits per heavy atom. The summed E-state index contributed by atoms with van der Waals surface area (Å²) in [4.78, 5) is 17.0. The van der Waals surface area contributed by atoms with Gasteiger partial charge in [-0.1, -0.05) is 34.1 Å². The molecule has 0 unspecified atom stereocenters. The van der Waals surface area contributed by atoms with Crippen LogP contribution in [0.5, 0.6) is 0 Å². The summed E-state index contributed by atoms with van der Waals surface area (Å²) in [5.41, 5.74) is 2.98. The molecule has 0 fully saturated rings. The minimum Gasteiger partial charge on any atom is -0.467 e. The molecule has 0 saturated carbocycles. The van der Waals surface area contributed by atoms with E-state index in [0.29, 0.717) is 5.33 Å². The Bertz CT molecular complexity index is 722. The molecule has 0 spiro atoms. The maximum atomic E-state index is 12.4. The quantitative estimate of drug-likeness (QED) is 0.580. The Balaban J connectivity index is 2.70. The minimum atomic E-state index is -0.801. The molecule has 0 N–H and O–H groups in total. The maximum absolute atomic E-state index is 12.4. The van der Waals surface area contributed by atoms with Crippen molar-refractivity contribution in [2.75, 3.05) is 7.11 Å². The molecule has 0 bridgehead atoms. The van der Waals surface area contributed by atoms with Crippen molar-refractivity contribution < 1.29 is 14.3 Å². The second-order valence-electron chi connectivity index (χ2n) is 6.38. The molecule has 0 saturated heterocycles. The van der Waals surface area contributed by atoms with Crippen LogP contribution in [0.1, 0.15) is 43.7 Å². The molecule has 2 aromatic rings. The third-order valence-electron chi connectivity index (χ3n) is 3.55. The molecule has 0 aliphatic heterocycles. The highest BCUT2D eigenvalue weighted by molar-refractivity contribution is 9.08. The van der Waals surface area contributed by atoms with E-state index in [1.165, 1.54) is 7.11 Å². The summed E-state index contributed by atoms with van der Waals surface area (Å²) in [6, 6.07) is 7.89. The van der Waals surface area contributed by atoms with Crippen LogP contribution in [-0.4, -0.2) is 23.7 Å². The fraction of sp³-hybridized carbons (Fsp3) is 0.444. The number of ether oxygens (including phenoxy) is 2. The van der Waals surface area contributed by atoms with Gasteiger partial charge in [-0.15, -0.1) is 0 Å². The zero-order chi connectivity index (χ0) is 17.2. The first-order chi connectivity index (χ1) is 10.8. The van der Waals surface area contributed by atoms with Crippen molar-refractivity contribution in [3.05, 3.63) is 41.1 Å². The monoisotopic (exact) mass is 379 g/mol. The highest BCUT2D eigenvalue weighted by Crippen LogP contribution is 2.34. The molecule has 2 rings (SSSR count). The van der Waals surface area contributed by atoms with Crippen LogP contribution in [0.3, 0.4) is 0 Å². The number of carbonyl (C=O) groups excluding carboxylic acids is 1. The minimum absolute atomic E-state index is 0.415. The predicted molar refractivity (Wildman–Crippen MR) is 94.7 cm³/mol. The molecule has 1 aromatic heterocycles. The van der Waals surface area contributed by atoms with Gasteiger partial charge >= 0.3 is 5.97 Å². The van der Waals surface area contributed by atoms with Crippen LogP contribution >= 0.6 is 15.9 Å². The second kappa shape index (κ2) is 6.97. The number of aromatic nitrogens is 1. The third-order valence-corrected chi connectivity index (χ3v) is 4.08. The number of hydrogen-bond acceptors (Lipinski definition) is 4. The van der Waals surface area contributed by atoms with Crippen molar-refractivity contribution in [2.45, 2.75) is 44.7 Å². The molecule has 0 aliphatic carbocycles. The summed E-state index contributed by atoms with van der Waals surface area (Å²) in [7, 11) is 1.37. The average Bonchev–Trinajstić information content (AvgIpc) is 2.51. The predicted octanol–water partition coefficient (Wildman–Crippen LogP) is 4.47. The van der Waals surface area contributed by atoms with E-state index in [1.54, 1.807) is 0 Å². The first kappa shape index (κ1) is 17.9. The largest absolute Gasteiger partial charge is 0.467 e. The zero-order valence-corrected chi connectivity index (χ0v) is 15.7. The molecule has 124 valence electrons. The number of carbonyl (C=O) groups is 1. The lowest BCUT2D eigenvalue weighted by molar-refractivity contribution is -0.164. The van der Waals surface area contributed by atoms with Gasteiger partial charge in [-0.3, -0.25) is 4.98 Å². The Morgan fingerprint density at radius 1 is 1.30 bits per heavy atom. The average molecular weight is 380 g/mol. The molecule has 0 radical (unpaired) electrons. The number of alkyl halides is 1. The number of methoxy groups -OCH3 is 1. The van der Waals surface area contributed by atoms with E-state index in [0.717, 1.165) is 27.7 Å². The Morgan fingerprint density at radius 3 is 2.52 bits per heavy atom. The molecule has 0 amide bonds. The summed E-state index contributed by atoms with van der Waals surface area (Å²) in [6.45, 7) is 7.75. The molecule has 1 atom stereocenters. The fourth-order valence-electron chi connectivity index (χ4n) is 2.59. The lowest BCUT2D eigenvalue weighted by Gasteiger charge is -2.28. The van der Waals surface area contributed by atoms with Gasteiger partial charge in [0, 0.05) is 16.3 Å². The van der Waals surface area contributed by atoms with E-state index >= 15 is 0 Å². The Hall–Kier alpha value is -1.46. The molecular weight excluding hydrogens is 358 g/mol. The summed E-state index contributed by atoms with van der Waals surface area (Å²) in [5, 5.41) is 1.55. The van der Waals surface area contributed by atoms with Crippen molar-refractivity contribution in [1.82, 2.24) is 4.98 Å². The molecule has 23 heavy (non-hydrogen) atoms. The van der Waals surface area contributed by atoms with Gasteiger partial charge in [-0.2, -0.15) is 0 Å². The molecular formula is C18H22BrNO3. The van der Waals surface area contributed by atoms with E-state index in [2.05, 4.69) is 20.9 Å². The SMILES string of the molecule is COC(=O)[C@@H](OC(C)(C)C)c1c(CBr)nc2ccccc2c1C. The standard InChI is InChI=1S/C18H22BrNO3/c1-11-12-8-6-7-9-13(12)20-14(10-19)15(11)16(17(21)22-5)23-18(2,3)4/h6-9,16H,10H2,1-5H3/t16-/m0/s1. The molecule has 1 heterocycles. The van der Waals surface area contributed by atoms with Crippen LogP contribution in [0.4, 0.5) is 0 Å². The van der Waals surface area contributed by atoms with Crippen LogP contribution in [0, 0.1) is 6.92 Å². The lowest BCUT2D eigenvalue weighted by Crippen LogP contribution is -2.29. The smallest absolute Gasteiger partial charge is 0.339 e. The van der Waals surface area contributed by atoms with Crippen molar-refractivity contribution >= 4 is 32.8 Å². The van der Waals surface area contributed by atoms with Gasteiger partial charge in [0.2, 0.25) is 0 Å². The molecule has 4 nitrogen and oxygen atoms in total. The normalized spacial score (nSPS) is 13.1. The summed E-state index contributed by atoms with van der Waals surface area (Å²) >= 11 is 3.48. The maximum Gasteiger partial charge on any atom is 0.339 e. The Kier molecular flexibility index (Phi) is 5.42.